The predicted octanol–water partition coefficient (Wildman–Crippen LogP) is 1.64. The van der Waals surface area contributed by atoms with Crippen molar-refractivity contribution < 1.29 is 23.8 Å². The van der Waals surface area contributed by atoms with Gasteiger partial charge in [-0.25, -0.2) is 0 Å². The van der Waals surface area contributed by atoms with Crippen molar-refractivity contribution in [3.8, 4) is 0 Å². The number of carbonyl (C=O) groups excluding carboxylic acids is 2. The maximum absolute atomic E-state index is 11.5. The predicted molar refractivity (Wildman–Crippen MR) is 80.9 cm³/mol. The molecule has 122 valence electrons. The van der Waals surface area contributed by atoms with Gasteiger partial charge in [0.15, 0.2) is 0 Å². The molecule has 1 N–H and O–H groups in total. The fraction of sp³-hybridized carbons (Fsp3) is 0.500. The van der Waals surface area contributed by atoms with Gasteiger partial charge in [0.1, 0.15) is 13.3 Å². The van der Waals surface area contributed by atoms with Crippen LogP contribution in [-0.2, 0) is 30.4 Å². The van der Waals surface area contributed by atoms with E-state index in [4.69, 9.17) is 14.2 Å². The summed E-state index contributed by atoms with van der Waals surface area (Å²) < 4.78 is 15.0. The highest BCUT2D eigenvalue weighted by Gasteiger charge is 2.06. The van der Waals surface area contributed by atoms with Crippen molar-refractivity contribution in [3.05, 3.63) is 35.9 Å². The molecular weight excluding hydrogens is 286 g/mol. The number of amides is 1. The molecule has 6 nitrogen and oxygen atoms in total. The fourth-order valence-electron chi connectivity index (χ4n) is 1.64. The first-order chi connectivity index (χ1) is 10.7. The minimum Gasteiger partial charge on any atom is -0.461 e. The quantitative estimate of drug-likeness (QED) is 0.382. The molecule has 1 rings (SSSR count). The summed E-state index contributed by atoms with van der Waals surface area (Å²) in [5.74, 6) is -0.443. The van der Waals surface area contributed by atoms with Crippen LogP contribution >= 0.6 is 0 Å². The Morgan fingerprint density at radius 1 is 1.09 bits per heavy atom. The van der Waals surface area contributed by atoms with Gasteiger partial charge < -0.3 is 19.5 Å². The standard InChI is InChI=1S/C16H23NO5/c1-20-10-11-21-13-17-15(18)8-5-9-16(19)22-12-14-6-3-2-4-7-14/h2-4,6-7H,5,8-13H2,1H3,(H,17,18). The zero-order valence-electron chi connectivity index (χ0n) is 12.9. The van der Waals surface area contributed by atoms with Crippen molar-refractivity contribution in [2.24, 2.45) is 0 Å². The summed E-state index contributed by atoms with van der Waals surface area (Å²) in [4.78, 5) is 23.0. The monoisotopic (exact) mass is 309 g/mol. The second kappa shape index (κ2) is 11.7. The Labute approximate surface area is 130 Å². The number of nitrogens with one attached hydrogen (secondary N) is 1. The first-order valence-corrected chi connectivity index (χ1v) is 7.25. The van der Waals surface area contributed by atoms with Crippen molar-refractivity contribution in [1.29, 1.82) is 0 Å². The summed E-state index contributed by atoms with van der Waals surface area (Å²) in [5.41, 5.74) is 0.946. The number of rotatable bonds is 11. The minimum absolute atomic E-state index is 0.145. The molecule has 0 heterocycles. The Morgan fingerprint density at radius 2 is 1.86 bits per heavy atom. The molecule has 0 aliphatic carbocycles. The van der Waals surface area contributed by atoms with Crippen LogP contribution in [0, 0.1) is 0 Å². The van der Waals surface area contributed by atoms with E-state index in [1.54, 1.807) is 7.11 Å². The van der Waals surface area contributed by atoms with E-state index in [1.807, 2.05) is 30.3 Å². The highest BCUT2D eigenvalue weighted by molar-refractivity contribution is 5.76. The number of esters is 1. The van der Waals surface area contributed by atoms with E-state index in [0.29, 0.717) is 19.6 Å². The van der Waals surface area contributed by atoms with Gasteiger partial charge >= 0.3 is 5.97 Å². The van der Waals surface area contributed by atoms with Crippen LogP contribution in [0.1, 0.15) is 24.8 Å². The van der Waals surface area contributed by atoms with Gasteiger partial charge in [-0.3, -0.25) is 9.59 Å². The summed E-state index contributed by atoms with van der Waals surface area (Å²) in [6.07, 6.45) is 0.955. The Kier molecular flexibility index (Phi) is 9.65. The van der Waals surface area contributed by atoms with E-state index in [9.17, 15) is 9.59 Å². The van der Waals surface area contributed by atoms with Crippen molar-refractivity contribution in [3.63, 3.8) is 0 Å². The number of carbonyl (C=O) groups is 2. The molecule has 0 spiro atoms. The SMILES string of the molecule is COCCOCNC(=O)CCCC(=O)OCc1ccccc1. The highest BCUT2D eigenvalue weighted by Crippen LogP contribution is 2.03. The Morgan fingerprint density at radius 3 is 2.59 bits per heavy atom. The van der Waals surface area contributed by atoms with Crippen LogP contribution < -0.4 is 5.32 Å². The van der Waals surface area contributed by atoms with E-state index in [2.05, 4.69) is 5.32 Å². The van der Waals surface area contributed by atoms with E-state index in [1.165, 1.54) is 0 Å². The molecule has 0 aliphatic heterocycles. The third-order valence-electron chi connectivity index (χ3n) is 2.83. The van der Waals surface area contributed by atoms with Crippen LogP contribution in [0.2, 0.25) is 0 Å². The van der Waals surface area contributed by atoms with Crippen LogP contribution in [0.25, 0.3) is 0 Å². The lowest BCUT2D eigenvalue weighted by Crippen LogP contribution is -2.26. The summed E-state index contributed by atoms with van der Waals surface area (Å²) >= 11 is 0. The average molecular weight is 309 g/mol. The highest BCUT2D eigenvalue weighted by atomic mass is 16.5. The maximum atomic E-state index is 11.5. The molecule has 0 fully saturated rings. The zero-order chi connectivity index (χ0) is 16.0. The zero-order valence-corrected chi connectivity index (χ0v) is 12.9. The molecule has 1 aromatic rings. The first kappa shape index (κ1) is 18.1. The third-order valence-corrected chi connectivity index (χ3v) is 2.83. The van der Waals surface area contributed by atoms with Gasteiger partial charge in [-0.1, -0.05) is 30.3 Å². The van der Waals surface area contributed by atoms with Crippen LogP contribution in [0.3, 0.4) is 0 Å². The van der Waals surface area contributed by atoms with E-state index < -0.39 is 0 Å². The molecule has 0 atom stereocenters. The Bertz CT molecular complexity index is 435. The lowest BCUT2D eigenvalue weighted by Gasteiger charge is -2.07. The molecule has 0 aromatic heterocycles. The summed E-state index contributed by atoms with van der Waals surface area (Å²) in [5, 5.41) is 2.60. The largest absolute Gasteiger partial charge is 0.461 e. The second-order valence-corrected chi connectivity index (χ2v) is 4.65. The van der Waals surface area contributed by atoms with Crippen molar-refractivity contribution in [2.75, 3.05) is 27.1 Å². The van der Waals surface area contributed by atoms with Gasteiger partial charge in [0.25, 0.3) is 0 Å². The smallest absolute Gasteiger partial charge is 0.306 e. The second-order valence-electron chi connectivity index (χ2n) is 4.65. The van der Waals surface area contributed by atoms with E-state index in [0.717, 1.165) is 5.56 Å². The molecule has 22 heavy (non-hydrogen) atoms. The summed E-state index contributed by atoms with van der Waals surface area (Å²) in [6, 6.07) is 9.47. The maximum Gasteiger partial charge on any atom is 0.306 e. The van der Waals surface area contributed by atoms with E-state index >= 15 is 0 Å². The van der Waals surface area contributed by atoms with Gasteiger partial charge in [0.05, 0.1) is 13.2 Å². The third kappa shape index (κ3) is 9.10. The van der Waals surface area contributed by atoms with Crippen LogP contribution in [0.5, 0.6) is 0 Å². The molecule has 0 bridgehead atoms. The van der Waals surface area contributed by atoms with Crippen molar-refractivity contribution >= 4 is 11.9 Å². The lowest BCUT2D eigenvalue weighted by atomic mass is 10.2. The summed E-state index contributed by atoms with van der Waals surface area (Å²) in [7, 11) is 1.58. The van der Waals surface area contributed by atoms with Crippen LogP contribution in [0.15, 0.2) is 30.3 Å². The van der Waals surface area contributed by atoms with Gasteiger partial charge in [0, 0.05) is 20.0 Å². The fourth-order valence-corrected chi connectivity index (χ4v) is 1.64. The molecular formula is C16H23NO5. The molecule has 1 amide bonds. The summed E-state index contributed by atoms with van der Waals surface area (Å²) in [6.45, 7) is 1.34. The molecule has 0 unspecified atom stereocenters. The molecule has 0 saturated carbocycles. The van der Waals surface area contributed by atoms with Gasteiger partial charge in [0.2, 0.25) is 5.91 Å². The number of methoxy groups -OCH3 is 1. The lowest BCUT2D eigenvalue weighted by molar-refractivity contribution is -0.145. The van der Waals surface area contributed by atoms with E-state index in [-0.39, 0.29) is 38.1 Å². The van der Waals surface area contributed by atoms with Crippen molar-refractivity contribution in [1.82, 2.24) is 5.32 Å². The van der Waals surface area contributed by atoms with Gasteiger partial charge in [-0.2, -0.15) is 0 Å². The number of ether oxygens (including phenoxy) is 3. The molecule has 0 radical (unpaired) electrons. The van der Waals surface area contributed by atoms with Crippen molar-refractivity contribution in [2.45, 2.75) is 25.9 Å². The molecule has 0 aliphatic rings. The Balaban J connectivity index is 2.01. The average Bonchev–Trinajstić information content (AvgIpc) is 2.54. The molecule has 6 heteroatoms. The Hall–Kier alpha value is -1.92. The van der Waals surface area contributed by atoms with Crippen LogP contribution in [-0.4, -0.2) is 38.9 Å². The topological polar surface area (TPSA) is 73.9 Å². The number of hydrogen-bond donors (Lipinski definition) is 1. The molecule has 1 aromatic carbocycles. The first-order valence-electron chi connectivity index (χ1n) is 7.25. The number of benzene rings is 1. The number of hydrogen-bond acceptors (Lipinski definition) is 5. The van der Waals surface area contributed by atoms with Crippen LogP contribution in [0.4, 0.5) is 0 Å². The minimum atomic E-state index is -0.298. The van der Waals surface area contributed by atoms with Gasteiger partial charge in [-0.05, 0) is 12.0 Å². The van der Waals surface area contributed by atoms with Gasteiger partial charge in [-0.15, -0.1) is 0 Å². The normalized spacial score (nSPS) is 10.2. The molecule has 0 saturated heterocycles.